The summed E-state index contributed by atoms with van der Waals surface area (Å²) in [5, 5.41) is 9.76. The third-order valence-electron chi connectivity index (χ3n) is 7.93. The quantitative estimate of drug-likeness (QED) is 0.0497. The van der Waals surface area contributed by atoms with E-state index in [2.05, 4.69) is 25.9 Å². The number of aromatic nitrogens is 1. The Labute approximate surface area is 275 Å². The zero-order valence-electron chi connectivity index (χ0n) is 26.7. The minimum Gasteiger partial charge on any atom is -0.370 e. The monoisotopic (exact) mass is 638 g/mol. The molecule has 47 heavy (non-hydrogen) atoms. The number of nitrogens with zero attached hydrogens (tertiary/aromatic N) is 1. The molecule has 0 aliphatic heterocycles. The summed E-state index contributed by atoms with van der Waals surface area (Å²) in [7, 11) is 0. The number of hydrogen-bond acceptors (Lipinski definition) is 5. The number of rotatable bonds is 18. The molecule has 3 amide bonds. The van der Waals surface area contributed by atoms with E-state index in [-0.39, 0.29) is 30.6 Å². The summed E-state index contributed by atoms with van der Waals surface area (Å²) in [6, 6.07) is 23.9. The average Bonchev–Trinajstić information content (AvgIpc) is 3.48. The number of nitrogens with two attached hydrogens (primary N) is 3. The second kappa shape index (κ2) is 18.1. The van der Waals surface area contributed by atoms with Crippen LogP contribution >= 0.6 is 0 Å². The van der Waals surface area contributed by atoms with Crippen LogP contribution in [0, 0.1) is 0 Å². The minimum atomic E-state index is -0.908. The fourth-order valence-electron chi connectivity index (χ4n) is 5.42. The number of aromatic amines is 1. The molecular weight excluding hydrogens is 592 g/mol. The molecule has 248 valence electrons. The van der Waals surface area contributed by atoms with Crippen molar-refractivity contribution in [3.8, 4) is 11.1 Å². The molecule has 0 aliphatic rings. The maximum absolute atomic E-state index is 13.8. The van der Waals surface area contributed by atoms with Gasteiger partial charge in [0.2, 0.25) is 17.7 Å². The zero-order chi connectivity index (χ0) is 33.4. The molecule has 2 atom stereocenters. The van der Waals surface area contributed by atoms with Gasteiger partial charge in [0.25, 0.3) is 0 Å². The van der Waals surface area contributed by atoms with Crippen molar-refractivity contribution < 1.29 is 14.4 Å². The molecule has 11 nitrogen and oxygen atoms in total. The summed E-state index contributed by atoms with van der Waals surface area (Å²) in [5.41, 5.74) is 21.2. The zero-order valence-corrected chi connectivity index (χ0v) is 26.7. The standard InChI is InChI=1S/C36H46N8O3/c37-19-7-6-14-31(34(46)40-20-8-9-21-41-36(38)39)44-35(47)32(23-28-24-42-30-13-5-4-12-29(28)30)43-33(45)22-25-15-17-27(18-16-25)26-10-2-1-3-11-26/h1-5,10-13,15-18,24,31-32,42H,6-9,14,19-23,37H2,(H,40,46)(H,43,45)(H,44,47)(H4,38,39,41)/t31-,32-/m0/s1. The third kappa shape index (κ3) is 11.0. The van der Waals surface area contributed by atoms with Gasteiger partial charge in [-0.05, 0) is 67.0 Å². The molecule has 0 unspecified atom stereocenters. The van der Waals surface area contributed by atoms with Gasteiger partial charge >= 0.3 is 0 Å². The van der Waals surface area contributed by atoms with Crippen molar-refractivity contribution in [1.29, 1.82) is 0 Å². The highest BCUT2D eigenvalue weighted by atomic mass is 16.2. The van der Waals surface area contributed by atoms with Gasteiger partial charge in [-0.1, -0.05) is 72.8 Å². The van der Waals surface area contributed by atoms with E-state index in [9.17, 15) is 14.4 Å². The molecule has 4 rings (SSSR count). The molecule has 1 heterocycles. The van der Waals surface area contributed by atoms with Crippen molar-refractivity contribution >= 4 is 34.6 Å². The maximum Gasteiger partial charge on any atom is 0.243 e. The summed E-state index contributed by atoms with van der Waals surface area (Å²) < 4.78 is 0. The molecule has 4 aromatic rings. The summed E-state index contributed by atoms with van der Waals surface area (Å²) in [5.74, 6) is -0.967. The molecule has 0 spiro atoms. The molecule has 11 heteroatoms. The van der Waals surface area contributed by atoms with Crippen LogP contribution in [0.3, 0.4) is 0 Å². The topological polar surface area (TPSA) is 194 Å². The van der Waals surface area contributed by atoms with E-state index in [0.29, 0.717) is 45.3 Å². The van der Waals surface area contributed by atoms with Gasteiger partial charge in [0.1, 0.15) is 12.1 Å². The lowest BCUT2D eigenvalue weighted by molar-refractivity contribution is -0.132. The molecule has 0 saturated carbocycles. The molecule has 1 aromatic heterocycles. The highest BCUT2D eigenvalue weighted by Crippen LogP contribution is 2.21. The molecule has 10 N–H and O–H groups in total. The van der Waals surface area contributed by atoms with E-state index < -0.39 is 18.0 Å². The minimum absolute atomic E-state index is 0.0342. The number of unbranched alkanes of at least 4 members (excludes halogenated alkanes) is 2. The fraction of sp³-hybridized carbons (Fsp3) is 0.333. The van der Waals surface area contributed by atoms with Gasteiger partial charge in [-0.2, -0.15) is 0 Å². The Bertz CT molecular complexity index is 1610. The normalized spacial score (nSPS) is 12.2. The molecular formula is C36H46N8O3. The van der Waals surface area contributed by atoms with Crippen molar-refractivity contribution in [2.75, 3.05) is 19.6 Å². The van der Waals surface area contributed by atoms with Crippen molar-refractivity contribution in [1.82, 2.24) is 20.9 Å². The van der Waals surface area contributed by atoms with E-state index in [1.807, 2.05) is 85.1 Å². The Hall–Kier alpha value is -5.16. The lowest BCUT2D eigenvalue weighted by atomic mass is 10.0. The fourth-order valence-corrected chi connectivity index (χ4v) is 5.42. The number of para-hydroxylation sites is 1. The number of benzene rings is 3. The number of aliphatic imine (C=N–C) groups is 1. The first-order valence-corrected chi connectivity index (χ1v) is 16.2. The smallest absolute Gasteiger partial charge is 0.243 e. The number of carbonyl (C=O) groups excluding carboxylic acids is 3. The van der Waals surface area contributed by atoms with Crippen molar-refractivity contribution in [3.05, 3.63) is 96.2 Å². The van der Waals surface area contributed by atoms with Crippen LogP contribution in [0.5, 0.6) is 0 Å². The molecule has 0 aliphatic carbocycles. The predicted octanol–water partition coefficient (Wildman–Crippen LogP) is 2.89. The third-order valence-corrected chi connectivity index (χ3v) is 7.93. The highest BCUT2D eigenvalue weighted by Gasteiger charge is 2.27. The SMILES string of the molecule is NCCCC[C@H](NC(=O)[C@H](Cc1c[nH]c2ccccc12)NC(=O)Cc1ccc(-c2ccccc2)cc1)C(=O)NCCCCN=C(N)N. The van der Waals surface area contributed by atoms with Gasteiger partial charge in [-0.3, -0.25) is 19.4 Å². The van der Waals surface area contributed by atoms with Crippen LogP contribution in [0.4, 0.5) is 0 Å². The van der Waals surface area contributed by atoms with Crippen molar-refractivity contribution in [2.45, 2.75) is 57.0 Å². The Morgan fingerprint density at radius 2 is 1.49 bits per heavy atom. The van der Waals surface area contributed by atoms with Gasteiger partial charge < -0.3 is 38.1 Å². The van der Waals surface area contributed by atoms with E-state index in [4.69, 9.17) is 17.2 Å². The van der Waals surface area contributed by atoms with E-state index >= 15 is 0 Å². The van der Waals surface area contributed by atoms with Crippen molar-refractivity contribution in [2.24, 2.45) is 22.2 Å². The van der Waals surface area contributed by atoms with Crippen LogP contribution < -0.4 is 33.2 Å². The van der Waals surface area contributed by atoms with Gasteiger partial charge in [-0.25, -0.2) is 0 Å². The first kappa shape index (κ1) is 34.7. The molecule has 0 fully saturated rings. The summed E-state index contributed by atoms with van der Waals surface area (Å²) in [4.78, 5) is 47.6. The first-order valence-electron chi connectivity index (χ1n) is 16.2. The van der Waals surface area contributed by atoms with Gasteiger partial charge in [0.15, 0.2) is 5.96 Å². The number of amides is 3. The number of guanidine groups is 1. The van der Waals surface area contributed by atoms with Crippen LogP contribution in [0.1, 0.15) is 43.2 Å². The lowest BCUT2D eigenvalue weighted by Gasteiger charge is -2.23. The second-order valence-corrected chi connectivity index (χ2v) is 11.6. The highest BCUT2D eigenvalue weighted by molar-refractivity contribution is 5.93. The number of H-pyrrole nitrogens is 1. The van der Waals surface area contributed by atoms with E-state index in [1.54, 1.807) is 0 Å². The second-order valence-electron chi connectivity index (χ2n) is 11.6. The number of hydrogen-bond donors (Lipinski definition) is 7. The van der Waals surface area contributed by atoms with Crippen LogP contribution in [0.25, 0.3) is 22.0 Å². The molecule has 3 aromatic carbocycles. The lowest BCUT2D eigenvalue weighted by Crippen LogP contribution is -2.54. The Kier molecular flexibility index (Phi) is 13.4. The van der Waals surface area contributed by atoms with Gasteiger partial charge in [-0.15, -0.1) is 0 Å². The van der Waals surface area contributed by atoms with Crippen LogP contribution in [0.2, 0.25) is 0 Å². The number of nitrogens with one attached hydrogen (secondary N) is 4. The number of carbonyl (C=O) groups is 3. The van der Waals surface area contributed by atoms with Crippen molar-refractivity contribution in [3.63, 3.8) is 0 Å². The molecule has 0 radical (unpaired) electrons. The average molecular weight is 639 g/mol. The van der Waals surface area contributed by atoms with Crippen LogP contribution in [0.15, 0.2) is 90.1 Å². The predicted molar refractivity (Wildman–Crippen MR) is 187 cm³/mol. The summed E-state index contributed by atoms with van der Waals surface area (Å²) in [6.07, 6.45) is 5.39. The van der Waals surface area contributed by atoms with Gasteiger partial charge in [0.05, 0.1) is 6.42 Å². The van der Waals surface area contributed by atoms with E-state index in [1.165, 1.54) is 0 Å². The molecule has 0 saturated heterocycles. The van der Waals surface area contributed by atoms with Crippen LogP contribution in [-0.2, 0) is 27.2 Å². The van der Waals surface area contributed by atoms with Crippen LogP contribution in [-0.4, -0.2) is 60.4 Å². The maximum atomic E-state index is 13.8. The molecule has 0 bridgehead atoms. The largest absolute Gasteiger partial charge is 0.370 e. The Morgan fingerprint density at radius 1 is 0.766 bits per heavy atom. The first-order chi connectivity index (χ1) is 22.8. The summed E-state index contributed by atoms with van der Waals surface area (Å²) in [6.45, 7) is 1.38. The van der Waals surface area contributed by atoms with E-state index in [0.717, 1.165) is 39.6 Å². The Balaban J connectivity index is 1.45. The number of fused-ring (bicyclic) bond motifs is 1. The Morgan fingerprint density at radius 3 is 2.23 bits per heavy atom. The summed E-state index contributed by atoms with van der Waals surface area (Å²) >= 11 is 0. The van der Waals surface area contributed by atoms with Gasteiger partial charge in [0, 0.05) is 36.6 Å².